The number of nitro groups is 1. The molecule has 11 nitrogen and oxygen atoms in total. The predicted molar refractivity (Wildman–Crippen MR) is 119 cm³/mol. The first-order valence-electron chi connectivity index (χ1n) is 9.09. The number of benzene rings is 2. The highest BCUT2D eigenvalue weighted by atomic mass is 32.2. The molecule has 0 saturated carbocycles. The van der Waals surface area contributed by atoms with Crippen LogP contribution in [0.4, 0.5) is 10.8 Å². The highest BCUT2D eigenvalue weighted by molar-refractivity contribution is 7.90. The number of para-hydroxylation sites is 1. The van der Waals surface area contributed by atoms with Gasteiger partial charge in [-0.3, -0.25) is 20.2 Å². The molecule has 1 heterocycles. The average molecular weight is 486 g/mol. The molecule has 3 aromatic rings. The first-order chi connectivity index (χ1) is 15.7. The van der Waals surface area contributed by atoms with Gasteiger partial charge in [-0.25, -0.2) is 8.42 Å². The number of carbonyl (C=O) groups excluding carboxylic acids is 1. The second kappa shape index (κ2) is 9.98. The third-order valence-electron chi connectivity index (χ3n) is 4.10. The third kappa shape index (κ3) is 6.19. The van der Waals surface area contributed by atoms with Crippen molar-refractivity contribution in [2.45, 2.75) is 11.8 Å². The Morgan fingerprint density at radius 1 is 1.27 bits per heavy atom. The minimum Gasteiger partial charge on any atom is -0.489 e. The summed E-state index contributed by atoms with van der Waals surface area (Å²) in [6.07, 6.45) is 2.27. The van der Waals surface area contributed by atoms with Crippen LogP contribution in [0.15, 0.2) is 59.3 Å². The number of aromatic nitrogens is 2. The van der Waals surface area contributed by atoms with Crippen LogP contribution in [0.5, 0.6) is 5.75 Å². The minimum absolute atomic E-state index is 0.00446. The van der Waals surface area contributed by atoms with Crippen molar-refractivity contribution in [2.24, 2.45) is 0 Å². The van der Waals surface area contributed by atoms with Gasteiger partial charge in [-0.15, -0.1) is 0 Å². The van der Waals surface area contributed by atoms with Gasteiger partial charge in [0.15, 0.2) is 0 Å². The van der Waals surface area contributed by atoms with E-state index in [0.717, 1.165) is 6.26 Å². The van der Waals surface area contributed by atoms with E-state index in [1.807, 2.05) is 0 Å². The van der Waals surface area contributed by atoms with E-state index in [1.54, 1.807) is 48.5 Å². The molecule has 0 radical (unpaired) electrons. The first-order valence-corrected chi connectivity index (χ1v) is 11.8. The van der Waals surface area contributed by atoms with Crippen molar-refractivity contribution in [3.8, 4) is 11.8 Å². The van der Waals surface area contributed by atoms with Crippen LogP contribution >= 0.6 is 11.5 Å². The SMILES string of the molecule is CS(=O)(=O)c1nsc(NC(=O)C(C#N)=Cc2ccc(OCc3ccccc3[N+](=O)[O-])cc2)n1. The summed E-state index contributed by atoms with van der Waals surface area (Å²) in [5.74, 6) is -0.333. The fraction of sp³-hybridized carbons (Fsp3) is 0.100. The molecule has 0 fully saturated rings. The van der Waals surface area contributed by atoms with E-state index >= 15 is 0 Å². The van der Waals surface area contributed by atoms with Crippen molar-refractivity contribution in [3.63, 3.8) is 0 Å². The first kappa shape index (κ1) is 23.5. The Morgan fingerprint density at radius 2 is 1.97 bits per heavy atom. The van der Waals surface area contributed by atoms with Crippen LogP contribution in [0.1, 0.15) is 11.1 Å². The van der Waals surface area contributed by atoms with Crippen LogP contribution in [0.3, 0.4) is 0 Å². The molecule has 13 heteroatoms. The summed E-state index contributed by atoms with van der Waals surface area (Å²) in [5.41, 5.74) is 0.667. The Balaban J connectivity index is 1.67. The average Bonchev–Trinajstić information content (AvgIpc) is 3.26. The molecule has 1 N–H and O–H groups in total. The maximum absolute atomic E-state index is 12.3. The second-order valence-corrected chi connectivity index (χ2v) is 9.18. The molecule has 0 aliphatic carbocycles. The predicted octanol–water partition coefficient (Wildman–Crippen LogP) is 2.97. The lowest BCUT2D eigenvalue weighted by Crippen LogP contribution is -2.13. The molecule has 0 aliphatic rings. The number of rotatable bonds is 8. The molecule has 0 aliphatic heterocycles. The summed E-state index contributed by atoms with van der Waals surface area (Å²) < 4.78 is 32.1. The van der Waals surface area contributed by atoms with Gasteiger partial charge in [0.1, 0.15) is 24.0 Å². The van der Waals surface area contributed by atoms with E-state index in [-0.39, 0.29) is 23.0 Å². The Labute approximate surface area is 192 Å². The normalized spacial score (nSPS) is 11.5. The monoisotopic (exact) mass is 485 g/mol. The highest BCUT2D eigenvalue weighted by Crippen LogP contribution is 2.22. The molecule has 0 atom stereocenters. The van der Waals surface area contributed by atoms with Gasteiger partial charge in [-0.05, 0) is 29.8 Å². The van der Waals surface area contributed by atoms with Crippen molar-refractivity contribution in [1.29, 1.82) is 5.26 Å². The van der Waals surface area contributed by atoms with Crippen LogP contribution in [0, 0.1) is 21.4 Å². The number of nitriles is 1. The summed E-state index contributed by atoms with van der Waals surface area (Å²) in [6.45, 7) is -0.00446. The molecular formula is C20H15N5O6S2. The number of nitrogens with one attached hydrogen (secondary N) is 1. The van der Waals surface area contributed by atoms with Crippen molar-refractivity contribution < 1.29 is 22.9 Å². The molecule has 1 amide bonds. The van der Waals surface area contributed by atoms with Gasteiger partial charge in [-0.1, -0.05) is 24.3 Å². The number of hydrogen-bond donors (Lipinski definition) is 1. The number of anilines is 1. The zero-order chi connectivity index (χ0) is 24.0. The van der Waals surface area contributed by atoms with E-state index in [9.17, 15) is 28.6 Å². The number of nitrogens with zero attached hydrogens (tertiary/aromatic N) is 4. The summed E-state index contributed by atoms with van der Waals surface area (Å²) in [4.78, 5) is 26.6. The van der Waals surface area contributed by atoms with Gasteiger partial charge in [0, 0.05) is 23.9 Å². The molecule has 33 heavy (non-hydrogen) atoms. The van der Waals surface area contributed by atoms with Crippen molar-refractivity contribution >= 4 is 44.2 Å². The Morgan fingerprint density at radius 3 is 2.58 bits per heavy atom. The van der Waals surface area contributed by atoms with Gasteiger partial charge < -0.3 is 4.74 Å². The lowest BCUT2D eigenvalue weighted by atomic mass is 10.1. The summed E-state index contributed by atoms with van der Waals surface area (Å²) in [5, 5.41) is 22.3. The van der Waals surface area contributed by atoms with Crippen LogP contribution < -0.4 is 10.1 Å². The maximum Gasteiger partial charge on any atom is 0.276 e. The van der Waals surface area contributed by atoms with E-state index in [4.69, 9.17) is 4.74 Å². The standard InChI is InChI=1S/C20H15N5O6S2/c1-33(29,30)20-23-19(32-24-20)22-18(26)15(11-21)10-13-6-8-16(9-7-13)31-12-14-4-2-3-5-17(14)25(27)28/h2-10H,12H2,1H3,(H,22,23,24,26). The minimum atomic E-state index is -3.61. The van der Waals surface area contributed by atoms with Crippen molar-refractivity contribution in [3.05, 3.63) is 75.3 Å². The molecule has 2 aromatic carbocycles. The number of hydrogen-bond acceptors (Lipinski definition) is 10. The molecule has 3 rings (SSSR count). The second-order valence-electron chi connectivity index (χ2n) is 6.52. The molecule has 0 bridgehead atoms. The molecule has 1 aromatic heterocycles. The third-order valence-corrected chi connectivity index (χ3v) is 5.69. The molecule has 0 unspecified atom stereocenters. The number of amides is 1. The topological polar surface area (TPSA) is 165 Å². The summed E-state index contributed by atoms with van der Waals surface area (Å²) in [6, 6.07) is 14.4. The van der Waals surface area contributed by atoms with Gasteiger partial charge in [0.25, 0.3) is 16.8 Å². The van der Waals surface area contributed by atoms with Gasteiger partial charge in [0.2, 0.25) is 15.0 Å². The zero-order valence-corrected chi connectivity index (χ0v) is 18.6. The van der Waals surface area contributed by atoms with Crippen LogP contribution in [-0.2, 0) is 21.2 Å². The summed E-state index contributed by atoms with van der Waals surface area (Å²) >= 11 is 0.680. The lowest BCUT2D eigenvalue weighted by Gasteiger charge is -2.07. The number of carbonyl (C=O) groups is 1. The fourth-order valence-corrected chi connectivity index (χ4v) is 3.96. The summed E-state index contributed by atoms with van der Waals surface area (Å²) in [7, 11) is -3.61. The smallest absolute Gasteiger partial charge is 0.276 e. The van der Waals surface area contributed by atoms with Crippen molar-refractivity contribution in [1.82, 2.24) is 9.36 Å². The van der Waals surface area contributed by atoms with E-state index in [2.05, 4.69) is 14.7 Å². The quantitative estimate of drug-likeness (QED) is 0.218. The fourth-order valence-electron chi connectivity index (χ4n) is 2.52. The number of nitro benzene ring substituents is 1. The largest absolute Gasteiger partial charge is 0.489 e. The molecule has 168 valence electrons. The Hall–Kier alpha value is -4.15. The lowest BCUT2D eigenvalue weighted by molar-refractivity contribution is -0.385. The van der Waals surface area contributed by atoms with Crippen LogP contribution in [0.2, 0.25) is 0 Å². The van der Waals surface area contributed by atoms with Crippen LogP contribution in [0.25, 0.3) is 6.08 Å². The Kier molecular flexibility index (Phi) is 7.11. The van der Waals surface area contributed by atoms with E-state index in [1.165, 1.54) is 12.1 Å². The zero-order valence-electron chi connectivity index (χ0n) is 17.0. The maximum atomic E-state index is 12.3. The highest BCUT2D eigenvalue weighted by Gasteiger charge is 2.17. The molecule has 0 spiro atoms. The molecular weight excluding hydrogens is 470 g/mol. The van der Waals surface area contributed by atoms with Gasteiger partial charge in [-0.2, -0.15) is 14.6 Å². The molecule has 0 saturated heterocycles. The van der Waals surface area contributed by atoms with Gasteiger partial charge in [0.05, 0.1) is 10.5 Å². The van der Waals surface area contributed by atoms with Crippen molar-refractivity contribution in [2.75, 3.05) is 11.6 Å². The van der Waals surface area contributed by atoms with E-state index in [0.29, 0.717) is 28.4 Å². The van der Waals surface area contributed by atoms with E-state index < -0.39 is 25.8 Å². The van der Waals surface area contributed by atoms with Gasteiger partial charge >= 0.3 is 0 Å². The number of sulfone groups is 1. The van der Waals surface area contributed by atoms with Crippen LogP contribution in [-0.4, -0.2) is 34.9 Å². The number of ether oxygens (including phenoxy) is 1. The Bertz CT molecular complexity index is 1370.